The zero-order valence-corrected chi connectivity index (χ0v) is 9.32. The summed E-state index contributed by atoms with van der Waals surface area (Å²) in [4.78, 5) is 0. The van der Waals surface area contributed by atoms with Crippen LogP contribution in [-0.4, -0.2) is 32.9 Å². The van der Waals surface area contributed by atoms with Gasteiger partial charge in [-0.05, 0) is 12.1 Å². The van der Waals surface area contributed by atoms with Crippen LogP contribution in [0.25, 0.3) is 0 Å². The fourth-order valence-corrected chi connectivity index (χ4v) is 1.14. The minimum absolute atomic E-state index is 0.569. The number of nitrogens with one attached hydrogen (secondary N) is 1. The number of rotatable bonds is 8. The van der Waals surface area contributed by atoms with E-state index in [9.17, 15) is 0 Å². The van der Waals surface area contributed by atoms with E-state index in [1.165, 1.54) is 0 Å². The topological polar surface area (TPSA) is 30.5 Å². The molecule has 0 heterocycles. The minimum Gasteiger partial charge on any atom is -0.491 e. The third-order valence-electron chi connectivity index (χ3n) is 1.89. The van der Waals surface area contributed by atoms with Gasteiger partial charge in [0, 0.05) is 6.54 Å². The third kappa shape index (κ3) is 6.07. The van der Waals surface area contributed by atoms with Crippen molar-refractivity contribution < 1.29 is 9.47 Å². The van der Waals surface area contributed by atoms with Gasteiger partial charge in [-0.3, -0.25) is 0 Å². The van der Waals surface area contributed by atoms with Crippen molar-refractivity contribution in [3.05, 3.63) is 30.3 Å². The molecule has 1 rings (SSSR count). The highest BCUT2D eigenvalue weighted by Crippen LogP contribution is 2.07. The van der Waals surface area contributed by atoms with E-state index < -0.39 is 0 Å². The van der Waals surface area contributed by atoms with Crippen molar-refractivity contribution in [1.82, 2.24) is 5.32 Å². The molecule has 0 aliphatic carbocycles. The van der Waals surface area contributed by atoms with E-state index in [-0.39, 0.29) is 0 Å². The first-order chi connectivity index (χ1) is 7.93. The molecule has 0 radical (unpaired) electrons. The van der Waals surface area contributed by atoms with Crippen LogP contribution in [-0.2, 0) is 4.74 Å². The summed E-state index contributed by atoms with van der Waals surface area (Å²) in [5.41, 5.74) is 0. The highest BCUT2D eigenvalue weighted by molar-refractivity contribution is 5.20. The molecule has 0 atom stereocenters. The molecule has 1 aromatic carbocycles. The summed E-state index contributed by atoms with van der Waals surface area (Å²) in [6, 6.07) is 9.70. The second-order valence-electron chi connectivity index (χ2n) is 3.15. The Labute approximate surface area is 96.8 Å². The van der Waals surface area contributed by atoms with Gasteiger partial charge in [0.2, 0.25) is 0 Å². The summed E-state index contributed by atoms with van der Waals surface area (Å²) in [6.45, 7) is 3.17. The molecular formula is C13H17NO2. The third-order valence-corrected chi connectivity index (χ3v) is 1.89. The Morgan fingerprint density at radius 3 is 2.69 bits per heavy atom. The Bertz CT molecular complexity index is 305. The summed E-state index contributed by atoms with van der Waals surface area (Å²) in [7, 11) is 0. The number of para-hydroxylation sites is 1. The van der Waals surface area contributed by atoms with Crippen molar-refractivity contribution in [2.75, 3.05) is 32.9 Å². The lowest BCUT2D eigenvalue weighted by Crippen LogP contribution is -2.21. The van der Waals surface area contributed by atoms with Crippen LogP contribution in [0.15, 0.2) is 30.3 Å². The smallest absolute Gasteiger partial charge is 0.119 e. The van der Waals surface area contributed by atoms with Gasteiger partial charge in [0.15, 0.2) is 0 Å². The Morgan fingerprint density at radius 1 is 1.12 bits per heavy atom. The van der Waals surface area contributed by atoms with Crippen LogP contribution in [0, 0.1) is 12.3 Å². The molecule has 3 heteroatoms. The first-order valence-electron chi connectivity index (χ1n) is 5.33. The first kappa shape index (κ1) is 12.6. The molecular weight excluding hydrogens is 202 g/mol. The van der Waals surface area contributed by atoms with Gasteiger partial charge in [-0.1, -0.05) is 24.1 Å². The van der Waals surface area contributed by atoms with Crippen molar-refractivity contribution in [3.63, 3.8) is 0 Å². The number of benzene rings is 1. The van der Waals surface area contributed by atoms with Crippen molar-refractivity contribution >= 4 is 0 Å². The van der Waals surface area contributed by atoms with Crippen LogP contribution in [0.4, 0.5) is 0 Å². The molecule has 1 N–H and O–H groups in total. The monoisotopic (exact) mass is 219 g/mol. The van der Waals surface area contributed by atoms with Crippen LogP contribution in [0.3, 0.4) is 0 Å². The molecule has 0 saturated carbocycles. The SMILES string of the molecule is C#CCNCCOCCOc1ccccc1. The zero-order chi connectivity index (χ0) is 11.5. The Balaban J connectivity index is 1.91. The van der Waals surface area contributed by atoms with Crippen LogP contribution in [0.5, 0.6) is 5.75 Å². The normalized spacial score (nSPS) is 9.69. The lowest BCUT2D eigenvalue weighted by Gasteiger charge is -2.06. The zero-order valence-electron chi connectivity index (χ0n) is 9.32. The lowest BCUT2D eigenvalue weighted by atomic mass is 10.3. The summed E-state index contributed by atoms with van der Waals surface area (Å²) in [5.74, 6) is 3.37. The molecule has 0 aliphatic heterocycles. The van der Waals surface area contributed by atoms with Crippen LogP contribution < -0.4 is 10.1 Å². The van der Waals surface area contributed by atoms with E-state index in [1.54, 1.807) is 0 Å². The number of hydrogen-bond acceptors (Lipinski definition) is 3. The summed E-state index contributed by atoms with van der Waals surface area (Å²) < 4.78 is 10.8. The predicted molar refractivity (Wildman–Crippen MR) is 64.5 cm³/mol. The maximum atomic E-state index is 5.46. The molecule has 3 nitrogen and oxygen atoms in total. The number of ether oxygens (including phenoxy) is 2. The van der Waals surface area contributed by atoms with Crippen LogP contribution in [0.2, 0.25) is 0 Å². The standard InChI is InChI=1S/C13H17NO2/c1-2-8-14-9-10-15-11-12-16-13-6-4-3-5-7-13/h1,3-7,14H,8-12H2. The molecule has 86 valence electrons. The van der Waals surface area contributed by atoms with E-state index in [0.717, 1.165) is 12.3 Å². The van der Waals surface area contributed by atoms with Gasteiger partial charge in [0.1, 0.15) is 12.4 Å². The van der Waals surface area contributed by atoms with Gasteiger partial charge in [-0.15, -0.1) is 6.42 Å². The first-order valence-corrected chi connectivity index (χ1v) is 5.33. The summed E-state index contributed by atoms with van der Waals surface area (Å²) >= 11 is 0. The second-order valence-corrected chi connectivity index (χ2v) is 3.15. The number of hydrogen-bond donors (Lipinski definition) is 1. The van der Waals surface area contributed by atoms with E-state index in [0.29, 0.717) is 26.4 Å². The molecule has 0 aliphatic rings. The molecule has 1 aromatic rings. The Kier molecular flexibility index (Phi) is 6.90. The van der Waals surface area contributed by atoms with E-state index in [4.69, 9.17) is 15.9 Å². The molecule has 0 spiro atoms. The highest BCUT2D eigenvalue weighted by atomic mass is 16.5. The maximum absolute atomic E-state index is 5.46. The van der Waals surface area contributed by atoms with Gasteiger partial charge < -0.3 is 14.8 Å². The minimum atomic E-state index is 0.569. The quantitative estimate of drug-likeness (QED) is 0.528. The largest absolute Gasteiger partial charge is 0.491 e. The van der Waals surface area contributed by atoms with Gasteiger partial charge in [0.05, 0.1) is 19.8 Å². The van der Waals surface area contributed by atoms with Gasteiger partial charge >= 0.3 is 0 Å². The Hall–Kier alpha value is -1.50. The average Bonchev–Trinajstić information content (AvgIpc) is 2.34. The van der Waals surface area contributed by atoms with Crippen molar-refractivity contribution in [2.45, 2.75) is 0 Å². The highest BCUT2D eigenvalue weighted by Gasteiger charge is 1.91. The molecule has 0 amide bonds. The molecule has 0 fully saturated rings. The van der Waals surface area contributed by atoms with E-state index >= 15 is 0 Å². The molecule has 0 aromatic heterocycles. The summed E-state index contributed by atoms with van der Waals surface area (Å²) in [6.07, 6.45) is 5.08. The summed E-state index contributed by atoms with van der Waals surface area (Å²) in [5, 5.41) is 3.04. The van der Waals surface area contributed by atoms with Gasteiger partial charge in [0.25, 0.3) is 0 Å². The average molecular weight is 219 g/mol. The second kappa shape index (κ2) is 8.78. The van der Waals surface area contributed by atoms with Crippen molar-refractivity contribution in [2.24, 2.45) is 0 Å². The Morgan fingerprint density at radius 2 is 1.94 bits per heavy atom. The van der Waals surface area contributed by atoms with Crippen molar-refractivity contribution in [3.8, 4) is 18.1 Å². The molecule has 0 saturated heterocycles. The fourth-order valence-electron chi connectivity index (χ4n) is 1.14. The van der Waals surface area contributed by atoms with Gasteiger partial charge in [-0.2, -0.15) is 0 Å². The molecule has 0 unspecified atom stereocenters. The fraction of sp³-hybridized carbons (Fsp3) is 0.385. The van der Waals surface area contributed by atoms with E-state index in [1.807, 2.05) is 30.3 Å². The van der Waals surface area contributed by atoms with E-state index in [2.05, 4.69) is 11.2 Å². The van der Waals surface area contributed by atoms with Crippen LogP contribution in [0.1, 0.15) is 0 Å². The van der Waals surface area contributed by atoms with Gasteiger partial charge in [-0.25, -0.2) is 0 Å². The predicted octanol–water partition coefficient (Wildman–Crippen LogP) is 1.30. The van der Waals surface area contributed by atoms with Crippen molar-refractivity contribution in [1.29, 1.82) is 0 Å². The molecule has 0 bridgehead atoms. The maximum Gasteiger partial charge on any atom is 0.119 e. The van der Waals surface area contributed by atoms with Crippen LogP contribution >= 0.6 is 0 Å². The molecule has 16 heavy (non-hydrogen) atoms. The lowest BCUT2D eigenvalue weighted by molar-refractivity contribution is 0.102. The number of terminal acetylenes is 1.